The second-order valence-electron chi connectivity index (χ2n) is 9.63. The van der Waals surface area contributed by atoms with Crippen LogP contribution in [0.1, 0.15) is 41.5 Å². The molecule has 0 bridgehead atoms. The van der Waals surface area contributed by atoms with Crippen molar-refractivity contribution in [2.75, 3.05) is 31.6 Å². The van der Waals surface area contributed by atoms with Crippen molar-refractivity contribution in [2.45, 2.75) is 45.3 Å². The second-order valence-corrected chi connectivity index (χ2v) is 9.63. The summed E-state index contributed by atoms with van der Waals surface area (Å²) in [6.07, 6.45) is -3.17. The summed E-state index contributed by atoms with van der Waals surface area (Å²) < 4.78 is 46.3. The molecule has 4 rings (SSSR count). The first kappa shape index (κ1) is 28.2. The quantitative estimate of drug-likeness (QED) is 0.396. The van der Waals surface area contributed by atoms with Crippen molar-refractivity contribution in [3.8, 4) is 5.75 Å². The van der Waals surface area contributed by atoms with Gasteiger partial charge < -0.3 is 29.9 Å². The summed E-state index contributed by atoms with van der Waals surface area (Å²) in [6.45, 7) is 2.43. The molecule has 0 saturated carbocycles. The molecule has 210 valence electrons. The molecule has 1 aliphatic rings. The number of aliphatic hydroxyl groups is 1. The number of alkyl halides is 3. The number of hydrogen-bond donors (Lipinski definition) is 3. The summed E-state index contributed by atoms with van der Waals surface area (Å²) in [5, 5.41) is 15.5. The van der Waals surface area contributed by atoms with Crippen LogP contribution in [-0.4, -0.2) is 69.9 Å². The number of aryl methyl sites for hydroxylation is 3. The fraction of sp³-hybridized carbons (Fsp3) is 0.444. The molecule has 2 aromatic heterocycles. The van der Waals surface area contributed by atoms with Crippen molar-refractivity contribution in [3.63, 3.8) is 0 Å². The van der Waals surface area contributed by atoms with Crippen LogP contribution in [0.2, 0.25) is 0 Å². The average Bonchev–Trinajstić information content (AvgIpc) is 3.17. The Hall–Kier alpha value is -3.80. The summed E-state index contributed by atoms with van der Waals surface area (Å²) in [6, 6.07) is 9.03. The van der Waals surface area contributed by atoms with Gasteiger partial charge in [-0.15, -0.1) is 0 Å². The van der Waals surface area contributed by atoms with E-state index < -0.39 is 25.3 Å². The van der Waals surface area contributed by atoms with E-state index in [1.54, 1.807) is 13.1 Å². The Kier molecular flexibility index (Phi) is 8.34. The van der Waals surface area contributed by atoms with E-state index in [9.17, 15) is 22.8 Å². The molecule has 9 nitrogen and oxygen atoms in total. The van der Waals surface area contributed by atoms with Gasteiger partial charge in [-0.05, 0) is 49.9 Å². The number of fused-ring (bicyclic) bond motifs is 1. The van der Waals surface area contributed by atoms with E-state index in [2.05, 4.69) is 10.6 Å². The third-order valence-electron chi connectivity index (χ3n) is 6.74. The van der Waals surface area contributed by atoms with Gasteiger partial charge >= 0.3 is 6.18 Å². The van der Waals surface area contributed by atoms with Crippen LogP contribution < -0.4 is 15.4 Å². The number of nitrogens with one attached hydrogen (secondary N) is 2. The molecule has 3 heterocycles. The van der Waals surface area contributed by atoms with Gasteiger partial charge in [0, 0.05) is 31.9 Å². The molecule has 0 atom stereocenters. The maximum Gasteiger partial charge on any atom is 0.422 e. The summed E-state index contributed by atoms with van der Waals surface area (Å²) in [7, 11) is 1.57. The highest BCUT2D eigenvalue weighted by Crippen LogP contribution is 2.37. The fourth-order valence-corrected chi connectivity index (χ4v) is 4.79. The number of likely N-dealkylation sites (tertiary alicyclic amines) is 1. The van der Waals surface area contributed by atoms with Crippen LogP contribution >= 0.6 is 0 Å². The molecule has 1 aliphatic heterocycles. The van der Waals surface area contributed by atoms with E-state index in [4.69, 9.17) is 14.8 Å². The summed E-state index contributed by atoms with van der Waals surface area (Å²) in [4.78, 5) is 31.4. The SMILES string of the molecule is CCc1nc2c(cc1Nc1cccc(C)c1)c(OCC(F)(F)F)c(C(=O)NC1CCN(C(=O)CO)CC1)n2C. The highest BCUT2D eigenvalue weighted by atomic mass is 19.4. The fourth-order valence-electron chi connectivity index (χ4n) is 4.79. The smallest absolute Gasteiger partial charge is 0.422 e. The van der Waals surface area contributed by atoms with Crippen LogP contribution in [0.3, 0.4) is 0 Å². The van der Waals surface area contributed by atoms with Crippen LogP contribution in [0, 0.1) is 6.92 Å². The van der Waals surface area contributed by atoms with Gasteiger partial charge in [0.1, 0.15) is 12.3 Å². The average molecular weight is 548 g/mol. The lowest BCUT2D eigenvalue weighted by molar-refractivity contribution is -0.153. The monoisotopic (exact) mass is 547 g/mol. The van der Waals surface area contributed by atoms with Crippen molar-refractivity contribution in [2.24, 2.45) is 7.05 Å². The molecule has 1 saturated heterocycles. The predicted molar refractivity (Wildman–Crippen MR) is 140 cm³/mol. The van der Waals surface area contributed by atoms with E-state index in [0.29, 0.717) is 49.4 Å². The van der Waals surface area contributed by atoms with E-state index in [-0.39, 0.29) is 28.8 Å². The standard InChI is InChI=1S/C27H32F3N5O4/c1-4-20-21(31-18-7-5-6-16(2)12-18)13-19-24(39-15-27(28,29)30)23(34(3)25(19)33-20)26(38)32-17-8-10-35(11-9-17)22(37)14-36/h5-7,12-13,17,31,36H,4,8-11,14-15H2,1-3H3,(H,32,38). The Labute approximate surface area is 223 Å². The van der Waals surface area contributed by atoms with E-state index in [1.807, 2.05) is 38.1 Å². The molecule has 3 N–H and O–H groups in total. The third-order valence-corrected chi connectivity index (χ3v) is 6.74. The molecular formula is C27H32F3N5O4. The Morgan fingerprint density at radius 2 is 1.92 bits per heavy atom. The van der Waals surface area contributed by atoms with Crippen molar-refractivity contribution in [1.29, 1.82) is 0 Å². The Bertz CT molecular complexity index is 1360. The number of nitrogens with zero attached hydrogens (tertiary/aromatic N) is 3. The molecule has 0 spiro atoms. The Balaban J connectivity index is 1.70. The number of aromatic nitrogens is 2. The Morgan fingerprint density at radius 3 is 2.54 bits per heavy atom. The van der Waals surface area contributed by atoms with Gasteiger partial charge in [-0.3, -0.25) is 9.59 Å². The number of amides is 2. The number of halogens is 3. The number of benzene rings is 1. The molecule has 3 aromatic rings. The van der Waals surface area contributed by atoms with Gasteiger partial charge in [-0.1, -0.05) is 19.1 Å². The zero-order chi connectivity index (χ0) is 28.3. The van der Waals surface area contributed by atoms with Gasteiger partial charge in [0.05, 0.1) is 16.8 Å². The maximum atomic E-state index is 13.4. The van der Waals surface area contributed by atoms with Crippen LogP contribution in [0.5, 0.6) is 5.75 Å². The summed E-state index contributed by atoms with van der Waals surface area (Å²) >= 11 is 0. The van der Waals surface area contributed by atoms with Gasteiger partial charge in [-0.25, -0.2) is 4.98 Å². The van der Waals surface area contributed by atoms with Gasteiger partial charge in [0.25, 0.3) is 5.91 Å². The lowest BCUT2D eigenvalue weighted by Gasteiger charge is -2.32. The largest absolute Gasteiger partial charge is 0.481 e. The number of aliphatic hydroxyl groups excluding tert-OH is 1. The molecule has 0 radical (unpaired) electrons. The van der Waals surface area contributed by atoms with Crippen molar-refractivity contribution < 1.29 is 32.6 Å². The third kappa shape index (κ3) is 6.44. The maximum absolute atomic E-state index is 13.4. The summed E-state index contributed by atoms with van der Waals surface area (Å²) in [5.41, 5.74) is 3.37. The molecule has 0 aliphatic carbocycles. The first-order chi connectivity index (χ1) is 18.5. The number of carbonyl (C=O) groups excluding carboxylic acids is 2. The molecule has 1 fully saturated rings. The minimum atomic E-state index is -4.61. The second kappa shape index (κ2) is 11.5. The Morgan fingerprint density at radius 1 is 1.21 bits per heavy atom. The molecule has 0 unspecified atom stereocenters. The van der Waals surface area contributed by atoms with Crippen LogP contribution in [0.4, 0.5) is 24.5 Å². The lowest BCUT2D eigenvalue weighted by atomic mass is 10.0. The topological polar surface area (TPSA) is 109 Å². The lowest BCUT2D eigenvalue weighted by Crippen LogP contribution is -2.47. The number of carbonyl (C=O) groups is 2. The first-order valence-electron chi connectivity index (χ1n) is 12.8. The number of anilines is 2. The van der Waals surface area contributed by atoms with E-state index in [0.717, 1.165) is 11.3 Å². The first-order valence-corrected chi connectivity index (χ1v) is 12.8. The van der Waals surface area contributed by atoms with Crippen LogP contribution in [-0.2, 0) is 18.3 Å². The zero-order valence-electron chi connectivity index (χ0n) is 22.1. The van der Waals surface area contributed by atoms with E-state index in [1.165, 1.54) is 9.47 Å². The van der Waals surface area contributed by atoms with E-state index >= 15 is 0 Å². The minimum absolute atomic E-state index is 0.0645. The van der Waals surface area contributed by atoms with Crippen molar-refractivity contribution >= 4 is 34.2 Å². The molecule has 1 aromatic carbocycles. The number of pyridine rings is 1. The van der Waals surface area contributed by atoms with Gasteiger partial charge in [-0.2, -0.15) is 13.2 Å². The number of ether oxygens (including phenoxy) is 1. The minimum Gasteiger partial charge on any atom is -0.481 e. The van der Waals surface area contributed by atoms with Crippen molar-refractivity contribution in [3.05, 3.63) is 47.3 Å². The zero-order valence-corrected chi connectivity index (χ0v) is 22.1. The number of rotatable bonds is 8. The number of hydrogen-bond acceptors (Lipinski definition) is 6. The number of piperidine rings is 1. The molecular weight excluding hydrogens is 515 g/mol. The molecule has 2 amide bonds. The van der Waals surface area contributed by atoms with Crippen molar-refractivity contribution in [1.82, 2.24) is 19.8 Å². The highest BCUT2D eigenvalue weighted by molar-refractivity contribution is 6.04. The van der Waals surface area contributed by atoms with Crippen LogP contribution in [0.25, 0.3) is 11.0 Å². The normalized spacial score (nSPS) is 14.5. The summed E-state index contributed by atoms with van der Waals surface area (Å²) in [5.74, 6) is -1.17. The highest BCUT2D eigenvalue weighted by Gasteiger charge is 2.33. The van der Waals surface area contributed by atoms with Crippen LogP contribution in [0.15, 0.2) is 30.3 Å². The van der Waals surface area contributed by atoms with Gasteiger partial charge in [0.2, 0.25) is 5.91 Å². The molecule has 12 heteroatoms. The predicted octanol–water partition coefficient (Wildman–Crippen LogP) is 3.84. The molecule has 39 heavy (non-hydrogen) atoms. The van der Waals surface area contributed by atoms with Gasteiger partial charge in [0.15, 0.2) is 18.1 Å².